The van der Waals surface area contributed by atoms with Gasteiger partial charge in [0.2, 0.25) is 0 Å². The first-order chi connectivity index (χ1) is 8.74. The molecular formula is C15H21NO2. The van der Waals surface area contributed by atoms with E-state index in [-0.39, 0.29) is 5.97 Å². The molecule has 3 heteroatoms. The lowest BCUT2D eigenvalue weighted by atomic mass is 9.87. The molecule has 1 N–H and O–H groups in total. The molecule has 0 saturated heterocycles. The smallest absolute Gasteiger partial charge is 0.306 e. The Morgan fingerprint density at radius 2 is 2.33 bits per heavy atom. The second-order valence-corrected chi connectivity index (χ2v) is 4.86. The van der Waals surface area contributed by atoms with Gasteiger partial charge >= 0.3 is 5.97 Å². The van der Waals surface area contributed by atoms with Crippen molar-refractivity contribution in [1.29, 1.82) is 0 Å². The quantitative estimate of drug-likeness (QED) is 0.831. The summed E-state index contributed by atoms with van der Waals surface area (Å²) in [5, 5.41) is 3.40. The highest BCUT2D eigenvalue weighted by Gasteiger charge is 2.23. The third kappa shape index (κ3) is 2.84. The summed E-state index contributed by atoms with van der Waals surface area (Å²) in [5.74, 6) is 0.180. The summed E-state index contributed by atoms with van der Waals surface area (Å²) in [6, 6.07) is 6.57. The second kappa shape index (κ2) is 5.89. The second-order valence-electron chi connectivity index (χ2n) is 4.86. The lowest BCUT2D eigenvalue weighted by Crippen LogP contribution is -2.19. The Balaban J connectivity index is 2.22. The highest BCUT2D eigenvalue weighted by Crippen LogP contribution is 2.34. The first kappa shape index (κ1) is 12.9. The number of carbonyl (C=O) groups excluding carboxylic acids is 1. The summed E-state index contributed by atoms with van der Waals surface area (Å²) in [7, 11) is 1.46. The van der Waals surface area contributed by atoms with Crippen molar-refractivity contribution in [3.63, 3.8) is 0 Å². The van der Waals surface area contributed by atoms with Crippen LogP contribution < -0.4 is 5.32 Å². The number of benzene rings is 1. The van der Waals surface area contributed by atoms with Gasteiger partial charge in [0, 0.05) is 12.2 Å². The summed E-state index contributed by atoms with van der Waals surface area (Å²) in [5.41, 5.74) is 3.81. The number of aryl methyl sites for hydroxylation is 1. The molecule has 1 atom stereocenters. The summed E-state index contributed by atoms with van der Waals surface area (Å²) < 4.78 is 4.79. The van der Waals surface area contributed by atoms with Crippen molar-refractivity contribution in [2.75, 3.05) is 19.0 Å². The minimum absolute atomic E-state index is 0.117. The zero-order valence-corrected chi connectivity index (χ0v) is 11.2. The number of esters is 1. The van der Waals surface area contributed by atoms with E-state index in [0.29, 0.717) is 12.3 Å². The minimum atomic E-state index is -0.117. The Morgan fingerprint density at radius 3 is 3.06 bits per heavy atom. The molecule has 1 aromatic carbocycles. The van der Waals surface area contributed by atoms with Crippen LogP contribution in [0.5, 0.6) is 0 Å². The summed E-state index contributed by atoms with van der Waals surface area (Å²) in [6.07, 6.45) is 3.73. The van der Waals surface area contributed by atoms with Crippen molar-refractivity contribution in [1.82, 2.24) is 0 Å². The predicted octanol–water partition coefficient (Wildman–Crippen LogP) is 3.10. The fraction of sp³-hybridized carbons (Fsp3) is 0.533. The fourth-order valence-corrected chi connectivity index (χ4v) is 2.59. The Morgan fingerprint density at radius 1 is 1.50 bits per heavy atom. The highest BCUT2D eigenvalue weighted by molar-refractivity contribution is 5.71. The van der Waals surface area contributed by atoms with Gasteiger partial charge in [0.05, 0.1) is 13.5 Å². The molecule has 0 fully saturated rings. The molecule has 0 amide bonds. The Kier molecular flexibility index (Phi) is 4.24. The van der Waals surface area contributed by atoms with Gasteiger partial charge in [-0.25, -0.2) is 0 Å². The number of nitrogens with one attached hydrogen (secondary N) is 1. The Hall–Kier alpha value is -1.51. The minimum Gasteiger partial charge on any atom is -0.469 e. The molecule has 98 valence electrons. The molecule has 0 radical (unpaired) electrons. The van der Waals surface area contributed by atoms with Crippen LogP contribution in [0.25, 0.3) is 0 Å². The highest BCUT2D eigenvalue weighted by atomic mass is 16.5. The number of methoxy groups -OCH3 is 1. The zero-order chi connectivity index (χ0) is 13.0. The summed E-state index contributed by atoms with van der Waals surface area (Å²) >= 11 is 0. The number of anilines is 1. The summed E-state index contributed by atoms with van der Waals surface area (Å²) in [4.78, 5) is 11.5. The van der Waals surface area contributed by atoms with Crippen molar-refractivity contribution in [2.24, 2.45) is 0 Å². The fourth-order valence-electron chi connectivity index (χ4n) is 2.59. The van der Waals surface area contributed by atoms with Crippen molar-refractivity contribution in [3.8, 4) is 0 Å². The molecule has 0 saturated carbocycles. The van der Waals surface area contributed by atoms with Gasteiger partial charge in [-0.3, -0.25) is 4.79 Å². The van der Waals surface area contributed by atoms with Crippen LogP contribution in [0.1, 0.15) is 43.2 Å². The first-order valence-corrected chi connectivity index (χ1v) is 6.68. The molecule has 3 nitrogen and oxygen atoms in total. The number of carbonyl (C=O) groups is 1. The van der Waals surface area contributed by atoms with E-state index in [1.165, 1.54) is 23.9 Å². The Labute approximate surface area is 109 Å². The molecule has 1 aliphatic rings. The predicted molar refractivity (Wildman–Crippen MR) is 72.9 cm³/mol. The molecule has 0 aliphatic carbocycles. The first-order valence-electron chi connectivity index (χ1n) is 6.68. The van der Waals surface area contributed by atoms with Gasteiger partial charge in [-0.1, -0.05) is 25.5 Å². The van der Waals surface area contributed by atoms with Crippen LogP contribution in [-0.2, 0) is 16.0 Å². The van der Waals surface area contributed by atoms with Gasteiger partial charge in [-0.2, -0.15) is 0 Å². The third-order valence-corrected chi connectivity index (χ3v) is 3.54. The topological polar surface area (TPSA) is 38.3 Å². The van der Waals surface area contributed by atoms with E-state index in [2.05, 4.69) is 30.4 Å². The molecule has 18 heavy (non-hydrogen) atoms. The molecule has 2 rings (SSSR count). The third-order valence-electron chi connectivity index (χ3n) is 3.54. The van der Waals surface area contributed by atoms with Gasteiger partial charge in [0.25, 0.3) is 0 Å². The van der Waals surface area contributed by atoms with Crippen LogP contribution in [0.2, 0.25) is 0 Å². The van der Waals surface area contributed by atoms with Crippen molar-refractivity contribution in [3.05, 3.63) is 29.3 Å². The van der Waals surface area contributed by atoms with Gasteiger partial charge < -0.3 is 10.1 Å². The monoisotopic (exact) mass is 247 g/mol. The number of rotatable bonds is 4. The molecule has 0 spiro atoms. The number of hydrogen-bond acceptors (Lipinski definition) is 3. The van der Waals surface area contributed by atoms with Gasteiger partial charge in [-0.05, 0) is 36.0 Å². The van der Waals surface area contributed by atoms with E-state index >= 15 is 0 Å². The molecule has 1 aromatic rings. The largest absolute Gasteiger partial charge is 0.469 e. The maximum atomic E-state index is 11.5. The van der Waals surface area contributed by atoms with Crippen LogP contribution in [-0.4, -0.2) is 19.6 Å². The van der Waals surface area contributed by atoms with Crippen LogP contribution in [0.4, 0.5) is 5.69 Å². The Bertz CT molecular complexity index is 429. The molecule has 1 aliphatic heterocycles. The van der Waals surface area contributed by atoms with E-state index in [9.17, 15) is 4.79 Å². The van der Waals surface area contributed by atoms with Crippen LogP contribution in [0.15, 0.2) is 18.2 Å². The maximum absolute atomic E-state index is 11.5. The van der Waals surface area contributed by atoms with Crippen molar-refractivity contribution >= 4 is 11.7 Å². The van der Waals surface area contributed by atoms with Gasteiger partial charge in [0.1, 0.15) is 0 Å². The molecular weight excluding hydrogens is 226 g/mol. The maximum Gasteiger partial charge on any atom is 0.306 e. The average Bonchev–Trinajstić information content (AvgIpc) is 2.39. The average molecular weight is 247 g/mol. The zero-order valence-electron chi connectivity index (χ0n) is 11.2. The van der Waals surface area contributed by atoms with E-state index in [4.69, 9.17) is 4.74 Å². The summed E-state index contributed by atoms with van der Waals surface area (Å²) in [6.45, 7) is 3.12. The van der Waals surface area contributed by atoms with Crippen molar-refractivity contribution in [2.45, 2.75) is 38.5 Å². The van der Waals surface area contributed by atoms with Gasteiger partial charge in [0.15, 0.2) is 0 Å². The van der Waals surface area contributed by atoms with Crippen LogP contribution >= 0.6 is 0 Å². The number of ether oxygens (including phenoxy) is 1. The molecule has 0 aromatic heterocycles. The molecule has 1 heterocycles. The standard InChI is InChI=1S/C15H21NO2/c1-3-4-11-5-6-14-13(9-11)12(7-8-16-14)10-15(17)18-2/h5-6,9,12,16H,3-4,7-8,10H2,1-2H3. The van der Waals surface area contributed by atoms with Crippen LogP contribution in [0, 0.1) is 0 Å². The van der Waals surface area contributed by atoms with E-state index in [1.54, 1.807) is 0 Å². The number of hydrogen-bond donors (Lipinski definition) is 1. The normalized spacial score (nSPS) is 17.8. The molecule has 1 unspecified atom stereocenters. The number of fused-ring (bicyclic) bond motifs is 1. The van der Waals surface area contributed by atoms with E-state index in [0.717, 1.165) is 25.8 Å². The SMILES string of the molecule is CCCc1ccc2c(c1)C(CC(=O)OC)CCN2. The van der Waals surface area contributed by atoms with Gasteiger partial charge in [-0.15, -0.1) is 0 Å². The lowest BCUT2D eigenvalue weighted by molar-refractivity contribution is -0.141. The van der Waals surface area contributed by atoms with E-state index in [1.807, 2.05) is 0 Å². The van der Waals surface area contributed by atoms with Crippen molar-refractivity contribution < 1.29 is 9.53 Å². The van der Waals surface area contributed by atoms with E-state index < -0.39 is 0 Å². The van der Waals surface area contributed by atoms with Crippen LogP contribution in [0.3, 0.4) is 0 Å². The lowest BCUT2D eigenvalue weighted by Gasteiger charge is -2.26. The molecule has 0 bridgehead atoms.